The molecule has 0 amide bonds. The van der Waals surface area contributed by atoms with E-state index in [1.54, 1.807) is 0 Å². The summed E-state index contributed by atoms with van der Waals surface area (Å²) >= 11 is 0. The lowest BCUT2D eigenvalue weighted by Gasteiger charge is -1.99. The Labute approximate surface area is 68.3 Å². The number of hydrogen-bond donors (Lipinski definition) is 2. The van der Waals surface area contributed by atoms with E-state index in [1.807, 2.05) is 33.8 Å². The van der Waals surface area contributed by atoms with E-state index < -0.39 is 0 Å². The first-order valence-electron chi connectivity index (χ1n) is 3.62. The molecule has 0 radical (unpaired) electrons. The van der Waals surface area contributed by atoms with Gasteiger partial charge in [0.25, 0.3) is 0 Å². The van der Waals surface area contributed by atoms with Gasteiger partial charge in [-0.05, 0) is 33.3 Å². The Hall–Kier alpha value is -1.05. The van der Waals surface area contributed by atoms with Crippen LogP contribution in [-0.4, -0.2) is 5.84 Å². The van der Waals surface area contributed by atoms with Gasteiger partial charge in [0.05, 0.1) is 0 Å². The summed E-state index contributed by atoms with van der Waals surface area (Å²) in [6.45, 7) is 7.94. The SMILES string of the molecule is CC(C)=C(C)/C=C(\C)C(=N)N. The summed E-state index contributed by atoms with van der Waals surface area (Å²) in [6, 6.07) is 0. The van der Waals surface area contributed by atoms with Crippen LogP contribution >= 0.6 is 0 Å². The van der Waals surface area contributed by atoms with E-state index in [4.69, 9.17) is 11.1 Å². The molecule has 0 saturated heterocycles. The van der Waals surface area contributed by atoms with Crippen LogP contribution in [0.25, 0.3) is 0 Å². The largest absolute Gasteiger partial charge is 0.384 e. The van der Waals surface area contributed by atoms with Crippen molar-refractivity contribution < 1.29 is 0 Å². The molecule has 0 aliphatic rings. The highest BCUT2D eigenvalue weighted by Gasteiger charge is 1.93. The lowest BCUT2D eigenvalue weighted by Crippen LogP contribution is -2.10. The monoisotopic (exact) mass is 152 g/mol. The quantitative estimate of drug-likeness (QED) is 0.356. The molecule has 2 nitrogen and oxygen atoms in total. The minimum Gasteiger partial charge on any atom is -0.384 e. The summed E-state index contributed by atoms with van der Waals surface area (Å²) in [6.07, 6.45) is 1.93. The predicted octanol–water partition coefficient (Wildman–Crippen LogP) is 2.22. The molecule has 0 atom stereocenters. The van der Waals surface area contributed by atoms with Crippen molar-refractivity contribution in [3.05, 3.63) is 22.8 Å². The standard InChI is InChI=1S/C9H16N2/c1-6(2)7(3)5-8(4)9(10)11/h5H,1-4H3,(H3,10,11)/b8-5+. The van der Waals surface area contributed by atoms with Crippen molar-refractivity contribution in [2.24, 2.45) is 5.73 Å². The summed E-state index contributed by atoms with van der Waals surface area (Å²) in [5.41, 5.74) is 8.53. The molecular formula is C9H16N2. The van der Waals surface area contributed by atoms with Crippen LogP contribution < -0.4 is 5.73 Å². The molecule has 0 rings (SSSR count). The zero-order valence-electron chi connectivity index (χ0n) is 7.65. The van der Waals surface area contributed by atoms with Gasteiger partial charge >= 0.3 is 0 Å². The normalized spacial score (nSPS) is 11.1. The minimum absolute atomic E-state index is 0.144. The number of nitrogens with one attached hydrogen (secondary N) is 1. The van der Waals surface area contributed by atoms with Crippen molar-refractivity contribution >= 4 is 5.84 Å². The lowest BCUT2D eigenvalue weighted by atomic mass is 10.1. The number of hydrogen-bond acceptors (Lipinski definition) is 1. The third-order valence-electron chi connectivity index (χ3n) is 1.65. The molecule has 0 saturated carbocycles. The maximum absolute atomic E-state index is 7.12. The van der Waals surface area contributed by atoms with Crippen molar-refractivity contribution in [3.63, 3.8) is 0 Å². The summed E-state index contributed by atoms with van der Waals surface area (Å²) < 4.78 is 0. The van der Waals surface area contributed by atoms with Crippen LogP contribution in [0.2, 0.25) is 0 Å². The van der Waals surface area contributed by atoms with Crippen LogP contribution in [0.1, 0.15) is 27.7 Å². The maximum atomic E-state index is 7.12. The van der Waals surface area contributed by atoms with Gasteiger partial charge in [-0.25, -0.2) is 0 Å². The van der Waals surface area contributed by atoms with Crippen molar-refractivity contribution in [2.75, 3.05) is 0 Å². The van der Waals surface area contributed by atoms with E-state index in [1.165, 1.54) is 11.1 Å². The second-order valence-electron chi connectivity index (χ2n) is 2.92. The molecular weight excluding hydrogens is 136 g/mol. The fourth-order valence-electron chi connectivity index (χ4n) is 0.547. The predicted molar refractivity (Wildman–Crippen MR) is 49.7 cm³/mol. The molecule has 0 aliphatic heterocycles. The van der Waals surface area contributed by atoms with E-state index in [-0.39, 0.29) is 5.84 Å². The van der Waals surface area contributed by atoms with Crippen LogP contribution in [0, 0.1) is 5.41 Å². The number of rotatable bonds is 2. The van der Waals surface area contributed by atoms with Gasteiger partial charge in [0.2, 0.25) is 0 Å². The van der Waals surface area contributed by atoms with Gasteiger partial charge in [0.15, 0.2) is 0 Å². The Kier molecular flexibility index (Phi) is 3.58. The van der Waals surface area contributed by atoms with E-state index in [0.29, 0.717) is 0 Å². The Morgan fingerprint density at radius 1 is 1.18 bits per heavy atom. The average Bonchev–Trinajstić information content (AvgIpc) is 1.87. The highest BCUT2D eigenvalue weighted by atomic mass is 14.7. The molecule has 0 fully saturated rings. The summed E-state index contributed by atoms with van der Waals surface area (Å²) in [5, 5.41) is 7.12. The fourth-order valence-corrected chi connectivity index (χ4v) is 0.547. The van der Waals surface area contributed by atoms with Gasteiger partial charge in [-0.15, -0.1) is 0 Å². The third-order valence-corrected chi connectivity index (χ3v) is 1.65. The second-order valence-corrected chi connectivity index (χ2v) is 2.92. The Bertz CT molecular complexity index is 218. The van der Waals surface area contributed by atoms with Gasteiger partial charge in [0, 0.05) is 0 Å². The van der Waals surface area contributed by atoms with Crippen LogP contribution in [-0.2, 0) is 0 Å². The van der Waals surface area contributed by atoms with Gasteiger partial charge < -0.3 is 5.73 Å². The van der Waals surface area contributed by atoms with Gasteiger partial charge in [0.1, 0.15) is 5.84 Å². The first-order chi connectivity index (χ1) is 4.95. The topological polar surface area (TPSA) is 49.9 Å². The smallest absolute Gasteiger partial charge is 0.118 e. The van der Waals surface area contributed by atoms with Crippen LogP contribution in [0.5, 0.6) is 0 Å². The Balaban J connectivity index is 4.58. The third kappa shape index (κ3) is 3.61. The average molecular weight is 152 g/mol. The van der Waals surface area contributed by atoms with E-state index in [9.17, 15) is 0 Å². The molecule has 0 aromatic carbocycles. The molecule has 2 heteroatoms. The van der Waals surface area contributed by atoms with Gasteiger partial charge in [-0.2, -0.15) is 0 Å². The van der Waals surface area contributed by atoms with Crippen LogP contribution in [0.3, 0.4) is 0 Å². The first kappa shape index (κ1) is 9.95. The van der Waals surface area contributed by atoms with Crippen molar-refractivity contribution in [2.45, 2.75) is 27.7 Å². The highest BCUT2D eigenvalue weighted by molar-refractivity contribution is 5.94. The summed E-state index contributed by atoms with van der Waals surface area (Å²) in [4.78, 5) is 0. The molecule has 0 bridgehead atoms. The van der Waals surface area contributed by atoms with E-state index in [0.717, 1.165) is 5.57 Å². The highest BCUT2D eigenvalue weighted by Crippen LogP contribution is 2.06. The van der Waals surface area contributed by atoms with Crippen molar-refractivity contribution in [3.8, 4) is 0 Å². The molecule has 0 aliphatic carbocycles. The number of nitrogens with two attached hydrogens (primary N) is 1. The molecule has 0 aromatic rings. The Morgan fingerprint density at radius 3 is 1.91 bits per heavy atom. The van der Waals surface area contributed by atoms with Crippen LogP contribution in [0.15, 0.2) is 22.8 Å². The molecule has 0 aromatic heterocycles. The lowest BCUT2D eigenvalue weighted by molar-refractivity contribution is 1.27. The molecule has 62 valence electrons. The van der Waals surface area contributed by atoms with Crippen molar-refractivity contribution in [1.29, 1.82) is 5.41 Å². The maximum Gasteiger partial charge on any atom is 0.118 e. The Morgan fingerprint density at radius 2 is 1.64 bits per heavy atom. The molecule has 0 spiro atoms. The summed E-state index contributed by atoms with van der Waals surface area (Å²) in [5.74, 6) is 0.144. The zero-order valence-corrected chi connectivity index (χ0v) is 7.65. The zero-order chi connectivity index (χ0) is 9.02. The number of amidine groups is 1. The molecule has 3 N–H and O–H groups in total. The number of allylic oxidation sites excluding steroid dienone is 3. The van der Waals surface area contributed by atoms with E-state index >= 15 is 0 Å². The van der Waals surface area contributed by atoms with E-state index in [2.05, 4.69) is 0 Å². The van der Waals surface area contributed by atoms with Gasteiger partial charge in [-0.1, -0.05) is 17.2 Å². The second kappa shape index (κ2) is 3.96. The van der Waals surface area contributed by atoms with Gasteiger partial charge in [-0.3, -0.25) is 5.41 Å². The molecule has 0 unspecified atom stereocenters. The summed E-state index contributed by atoms with van der Waals surface area (Å²) in [7, 11) is 0. The minimum atomic E-state index is 0.144. The first-order valence-corrected chi connectivity index (χ1v) is 3.62. The molecule has 11 heavy (non-hydrogen) atoms. The molecule has 0 heterocycles. The van der Waals surface area contributed by atoms with Crippen LogP contribution in [0.4, 0.5) is 0 Å². The fraction of sp³-hybridized carbons (Fsp3) is 0.444. The van der Waals surface area contributed by atoms with Crippen molar-refractivity contribution in [1.82, 2.24) is 0 Å².